The van der Waals surface area contributed by atoms with Gasteiger partial charge in [0.25, 0.3) is 0 Å². The standard InChI is InChI=1S/C17H29N3O/c1-4-6-11-19-17(18-3)20-13-15-9-7-8-10-16(15)14-21-12-5-2/h7-10H,4-6,11-14H2,1-3H3,(H2,18,19,20). The minimum absolute atomic E-state index is 0.674. The van der Waals surface area contributed by atoms with Crippen LogP contribution >= 0.6 is 0 Å². The zero-order valence-corrected chi connectivity index (χ0v) is 13.6. The van der Waals surface area contributed by atoms with Gasteiger partial charge in [0.1, 0.15) is 0 Å². The van der Waals surface area contributed by atoms with Gasteiger partial charge in [0.2, 0.25) is 0 Å². The summed E-state index contributed by atoms with van der Waals surface area (Å²) in [5.74, 6) is 0.854. The van der Waals surface area contributed by atoms with Crippen LogP contribution in [0.25, 0.3) is 0 Å². The minimum Gasteiger partial charge on any atom is -0.377 e. The van der Waals surface area contributed by atoms with E-state index in [0.717, 1.165) is 38.5 Å². The summed E-state index contributed by atoms with van der Waals surface area (Å²) < 4.78 is 5.65. The van der Waals surface area contributed by atoms with Crippen LogP contribution in [0.2, 0.25) is 0 Å². The zero-order valence-electron chi connectivity index (χ0n) is 13.6. The molecule has 0 spiro atoms. The molecule has 4 nitrogen and oxygen atoms in total. The smallest absolute Gasteiger partial charge is 0.191 e. The van der Waals surface area contributed by atoms with Crippen molar-refractivity contribution in [3.8, 4) is 0 Å². The maximum absolute atomic E-state index is 5.65. The summed E-state index contributed by atoms with van der Waals surface area (Å²) in [6, 6.07) is 8.38. The van der Waals surface area contributed by atoms with Crippen molar-refractivity contribution in [2.24, 2.45) is 4.99 Å². The number of hydrogen-bond donors (Lipinski definition) is 2. The highest BCUT2D eigenvalue weighted by Crippen LogP contribution is 2.10. The average Bonchev–Trinajstić information content (AvgIpc) is 2.52. The number of unbranched alkanes of at least 4 members (excludes halogenated alkanes) is 1. The van der Waals surface area contributed by atoms with Crippen molar-refractivity contribution in [2.45, 2.75) is 46.3 Å². The Bertz CT molecular complexity index is 418. The summed E-state index contributed by atoms with van der Waals surface area (Å²) in [6.45, 7) is 7.51. The molecule has 0 saturated carbocycles. The molecule has 4 heteroatoms. The van der Waals surface area contributed by atoms with E-state index in [1.54, 1.807) is 7.05 Å². The summed E-state index contributed by atoms with van der Waals surface area (Å²) in [5, 5.41) is 6.68. The molecular weight excluding hydrogens is 262 g/mol. The van der Waals surface area contributed by atoms with Crippen molar-refractivity contribution >= 4 is 5.96 Å². The molecule has 0 saturated heterocycles. The monoisotopic (exact) mass is 291 g/mol. The number of rotatable bonds is 9. The molecule has 0 atom stereocenters. The summed E-state index contributed by atoms with van der Waals surface area (Å²) in [4.78, 5) is 4.24. The maximum atomic E-state index is 5.65. The van der Waals surface area contributed by atoms with Crippen molar-refractivity contribution in [1.82, 2.24) is 10.6 Å². The molecule has 1 rings (SSSR count). The number of guanidine groups is 1. The molecule has 0 fully saturated rings. The van der Waals surface area contributed by atoms with Crippen LogP contribution in [-0.2, 0) is 17.9 Å². The van der Waals surface area contributed by atoms with Crippen LogP contribution in [0.3, 0.4) is 0 Å². The molecule has 0 radical (unpaired) electrons. The lowest BCUT2D eigenvalue weighted by atomic mass is 10.1. The fourth-order valence-electron chi connectivity index (χ4n) is 1.98. The predicted octanol–water partition coefficient (Wildman–Crippen LogP) is 3.08. The molecule has 0 amide bonds. The van der Waals surface area contributed by atoms with Gasteiger partial charge in [0.05, 0.1) is 6.61 Å². The number of nitrogens with one attached hydrogen (secondary N) is 2. The van der Waals surface area contributed by atoms with Crippen LogP contribution < -0.4 is 10.6 Å². The predicted molar refractivity (Wildman–Crippen MR) is 89.5 cm³/mol. The Hall–Kier alpha value is -1.55. The molecule has 1 aromatic rings. The van der Waals surface area contributed by atoms with E-state index in [2.05, 4.69) is 53.7 Å². The van der Waals surface area contributed by atoms with E-state index in [1.165, 1.54) is 17.5 Å². The molecule has 0 aliphatic heterocycles. The number of hydrogen-bond acceptors (Lipinski definition) is 2. The third kappa shape index (κ3) is 7.14. The molecule has 118 valence electrons. The molecule has 21 heavy (non-hydrogen) atoms. The van der Waals surface area contributed by atoms with E-state index in [-0.39, 0.29) is 0 Å². The fraction of sp³-hybridized carbons (Fsp3) is 0.588. The van der Waals surface area contributed by atoms with Crippen LogP contribution in [0.1, 0.15) is 44.2 Å². The molecule has 0 bridgehead atoms. The van der Waals surface area contributed by atoms with Crippen LogP contribution in [0.4, 0.5) is 0 Å². The lowest BCUT2D eigenvalue weighted by molar-refractivity contribution is 0.121. The van der Waals surface area contributed by atoms with Gasteiger partial charge in [-0.1, -0.05) is 44.5 Å². The van der Waals surface area contributed by atoms with Crippen LogP contribution in [0.15, 0.2) is 29.3 Å². The van der Waals surface area contributed by atoms with Gasteiger partial charge < -0.3 is 15.4 Å². The van der Waals surface area contributed by atoms with Gasteiger partial charge in [-0.2, -0.15) is 0 Å². The van der Waals surface area contributed by atoms with Crippen LogP contribution in [-0.4, -0.2) is 26.2 Å². The second kappa shape index (κ2) is 11.1. The van der Waals surface area contributed by atoms with Gasteiger partial charge in [-0.15, -0.1) is 0 Å². The summed E-state index contributed by atoms with van der Waals surface area (Å²) in [5.41, 5.74) is 2.49. The summed E-state index contributed by atoms with van der Waals surface area (Å²) in [6.07, 6.45) is 3.39. The first kappa shape index (κ1) is 17.5. The summed E-state index contributed by atoms with van der Waals surface area (Å²) >= 11 is 0. The van der Waals surface area contributed by atoms with Gasteiger partial charge in [-0.05, 0) is 24.0 Å². The van der Waals surface area contributed by atoms with E-state index in [4.69, 9.17) is 4.74 Å². The third-order valence-corrected chi connectivity index (χ3v) is 3.22. The number of benzene rings is 1. The third-order valence-electron chi connectivity index (χ3n) is 3.22. The molecular formula is C17H29N3O. The van der Waals surface area contributed by atoms with E-state index >= 15 is 0 Å². The molecule has 0 aliphatic carbocycles. The molecule has 0 heterocycles. The van der Waals surface area contributed by atoms with Crippen molar-refractivity contribution in [2.75, 3.05) is 20.2 Å². The lowest BCUT2D eigenvalue weighted by Gasteiger charge is -2.14. The molecule has 0 unspecified atom stereocenters. The lowest BCUT2D eigenvalue weighted by Crippen LogP contribution is -2.37. The van der Waals surface area contributed by atoms with Gasteiger partial charge in [-0.3, -0.25) is 4.99 Å². The second-order valence-electron chi connectivity index (χ2n) is 5.03. The van der Waals surface area contributed by atoms with E-state index in [9.17, 15) is 0 Å². The first-order valence-electron chi connectivity index (χ1n) is 7.90. The first-order chi connectivity index (χ1) is 10.3. The SMILES string of the molecule is CCCCNC(=NC)NCc1ccccc1COCCC. The highest BCUT2D eigenvalue weighted by molar-refractivity contribution is 5.79. The fourth-order valence-corrected chi connectivity index (χ4v) is 1.98. The summed E-state index contributed by atoms with van der Waals surface area (Å²) in [7, 11) is 1.80. The topological polar surface area (TPSA) is 45.7 Å². The van der Waals surface area contributed by atoms with Crippen molar-refractivity contribution in [1.29, 1.82) is 0 Å². The molecule has 0 aromatic heterocycles. The highest BCUT2D eigenvalue weighted by atomic mass is 16.5. The quantitative estimate of drug-likeness (QED) is 0.417. The van der Waals surface area contributed by atoms with Crippen LogP contribution in [0.5, 0.6) is 0 Å². The Kier molecular flexibility index (Phi) is 9.29. The Morgan fingerprint density at radius 2 is 1.86 bits per heavy atom. The first-order valence-corrected chi connectivity index (χ1v) is 7.90. The molecule has 0 aliphatic rings. The number of aliphatic imine (C=N–C) groups is 1. The number of nitrogens with zero attached hydrogens (tertiary/aromatic N) is 1. The van der Waals surface area contributed by atoms with Gasteiger partial charge in [0.15, 0.2) is 5.96 Å². The largest absolute Gasteiger partial charge is 0.377 e. The average molecular weight is 291 g/mol. The molecule has 1 aromatic carbocycles. The Balaban J connectivity index is 2.49. The minimum atomic E-state index is 0.674. The normalized spacial score (nSPS) is 11.5. The Morgan fingerprint density at radius 1 is 1.10 bits per heavy atom. The van der Waals surface area contributed by atoms with Crippen LogP contribution in [0, 0.1) is 0 Å². The van der Waals surface area contributed by atoms with E-state index in [0.29, 0.717) is 6.61 Å². The number of ether oxygens (including phenoxy) is 1. The van der Waals surface area contributed by atoms with E-state index in [1.807, 2.05) is 0 Å². The second-order valence-corrected chi connectivity index (χ2v) is 5.03. The van der Waals surface area contributed by atoms with Crippen molar-refractivity contribution in [3.05, 3.63) is 35.4 Å². The maximum Gasteiger partial charge on any atom is 0.191 e. The van der Waals surface area contributed by atoms with Gasteiger partial charge in [-0.25, -0.2) is 0 Å². The van der Waals surface area contributed by atoms with Gasteiger partial charge in [0, 0.05) is 26.7 Å². The van der Waals surface area contributed by atoms with Crippen molar-refractivity contribution < 1.29 is 4.74 Å². The van der Waals surface area contributed by atoms with E-state index < -0.39 is 0 Å². The molecule has 2 N–H and O–H groups in total. The zero-order chi connectivity index (χ0) is 15.3. The van der Waals surface area contributed by atoms with Gasteiger partial charge >= 0.3 is 0 Å². The van der Waals surface area contributed by atoms with Crippen molar-refractivity contribution in [3.63, 3.8) is 0 Å². The highest BCUT2D eigenvalue weighted by Gasteiger charge is 2.03. The Labute approximate surface area is 129 Å². The Morgan fingerprint density at radius 3 is 2.52 bits per heavy atom.